The molecule has 3 aliphatic rings. The predicted molar refractivity (Wildman–Crippen MR) is 205 cm³/mol. The molecule has 6 heterocycles. The summed E-state index contributed by atoms with van der Waals surface area (Å²) in [6.07, 6.45) is 9.79. The molecule has 0 spiro atoms. The van der Waals surface area contributed by atoms with Gasteiger partial charge in [-0.1, -0.05) is 115 Å². The SMILES string of the molecule is C1=Cc2nc1c(-c1ccccc1)c1ccc([n-]1)c(-c1ccccc1)c1nc(c(C3SCCCS3)c3ccc([n-]3)c2-c2ccccc2)C=C1.[Zn+2]. The van der Waals surface area contributed by atoms with Crippen molar-refractivity contribution in [3.05, 3.63) is 144 Å². The van der Waals surface area contributed by atoms with E-state index in [-0.39, 0.29) is 24.1 Å². The summed E-state index contributed by atoms with van der Waals surface area (Å²) in [5.74, 6) is 2.26. The first-order valence-corrected chi connectivity index (χ1v) is 18.3. The Morgan fingerprint density at radius 1 is 0.449 bits per heavy atom. The molecule has 0 aliphatic carbocycles. The van der Waals surface area contributed by atoms with Crippen molar-refractivity contribution in [1.29, 1.82) is 0 Å². The molecule has 8 bridgehead atoms. The monoisotopic (exact) mass is 718 g/mol. The smallest absolute Gasteiger partial charge is 0.657 e. The third kappa shape index (κ3) is 6.05. The van der Waals surface area contributed by atoms with Gasteiger partial charge in [-0.3, -0.25) is 0 Å². The van der Waals surface area contributed by atoms with Crippen LogP contribution in [0.3, 0.4) is 0 Å². The van der Waals surface area contributed by atoms with Crippen LogP contribution in [-0.2, 0) is 19.5 Å². The maximum Gasteiger partial charge on any atom is 2.00 e. The van der Waals surface area contributed by atoms with Crippen molar-refractivity contribution in [1.82, 2.24) is 19.9 Å². The third-order valence-corrected chi connectivity index (χ3v) is 11.8. The van der Waals surface area contributed by atoms with Crippen LogP contribution in [0.15, 0.2) is 115 Å². The predicted octanol–water partition coefficient (Wildman–Crippen LogP) is 10.8. The number of fused-ring (bicyclic) bond motifs is 8. The molecule has 9 rings (SSSR count). The number of thioether (sulfide) groups is 2. The minimum atomic E-state index is 0. The van der Waals surface area contributed by atoms with Crippen molar-refractivity contribution in [2.45, 2.75) is 11.0 Å². The molecular formula is C42H30N4S2Zn. The van der Waals surface area contributed by atoms with Crippen LogP contribution in [-0.4, -0.2) is 21.5 Å². The van der Waals surface area contributed by atoms with Gasteiger partial charge >= 0.3 is 19.5 Å². The Labute approximate surface area is 307 Å². The fraction of sp³-hybridized carbons (Fsp3) is 0.0952. The average Bonchev–Trinajstić information content (AvgIpc) is 3.98. The van der Waals surface area contributed by atoms with Crippen molar-refractivity contribution in [2.75, 3.05) is 11.5 Å². The summed E-state index contributed by atoms with van der Waals surface area (Å²) in [6, 6.07) is 40.0. The molecule has 49 heavy (non-hydrogen) atoms. The molecule has 0 radical (unpaired) electrons. The third-order valence-electron chi connectivity index (χ3n) is 8.90. The number of hydrogen-bond acceptors (Lipinski definition) is 4. The normalized spacial score (nSPS) is 14.1. The van der Waals surface area contributed by atoms with Gasteiger partial charge in [0.2, 0.25) is 0 Å². The number of nitrogens with zero attached hydrogens (tertiary/aromatic N) is 4. The second-order valence-electron chi connectivity index (χ2n) is 11.9. The van der Waals surface area contributed by atoms with Crippen LogP contribution in [0, 0.1) is 0 Å². The number of aromatic nitrogens is 4. The standard InChI is InChI=1S/C42H30N4S2.Zn/c1-4-11-27(12-5-1)38-30-17-19-32(43-30)39(28-13-6-2-7-14-28)34-21-23-36(45-34)41(42-47-25-10-26-48-42)37-24-22-35(46-37)40(29-15-8-3-9-16-29)33-20-18-31(38)44-33;/h1-9,11-24,42H,10,25-26H2;/q-2;+2. The summed E-state index contributed by atoms with van der Waals surface area (Å²) in [7, 11) is 0. The summed E-state index contributed by atoms with van der Waals surface area (Å²) < 4.78 is 0.249. The van der Waals surface area contributed by atoms with Crippen LogP contribution >= 0.6 is 23.5 Å². The topological polar surface area (TPSA) is 54.0 Å². The minimum absolute atomic E-state index is 0. The Morgan fingerprint density at radius 2 is 0.816 bits per heavy atom. The van der Waals surface area contributed by atoms with Gasteiger partial charge in [0.25, 0.3) is 0 Å². The molecule has 0 amide bonds. The zero-order valence-electron chi connectivity index (χ0n) is 26.8. The maximum atomic E-state index is 5.38. The van der Waals surface area contributed by atoms with Crippen molar-refractivity contribution in [3.63, 3.8) is 0 Å². The molecule has 3 aromatic carbocycles. The Kier molecular flexibility index (Phi) is 8.99. The molecule has 232 valence electrons. The van der Waals surface area contributed by atoms with E-state index in [0.717, 1.165) is 89.7 Å². The summed E-state index contributed by atoms with van der Waals surface area (Å²) in [5.41, 5.74) is 14.8. The van der Waals surface area contributed by atoms with Gasteiger partial charge in [0.05, 0.1) is 27.4 Å². The van der Waals surface area contributed by atoms with Gasteiger partial charge < -0.3 is 9.97 Å². The zero-order valence-corrected chi connectivity index (χ0v) is 31.4. The molecule has 0 atom stereocenters. The Morgan fingerprint density at radius 3 is 1.27 bits per heavy atom. The van der Waals surface area contributed by atoms with Gasteiger partial charge in [0.15, 0.2) is 0 Å². The molecule has 6 aromatic rings. The van der Waals surface area contributed by atoms with Crippen LogP contribution in [0.4, 0.5) is 0 Å². The van der Waals surface area contributed by atoms with E-state index < -0.39 is 0 Å². The molecule has 1 saturated heterocycles. The molecule has 4 nitrogen and oxygen atoms in total. The van der Waals surface area contributed by atoms with Crippen LogP contribution in [0.2, 0.25) is 0 Å². The largest absolute Gasteiger partial charge is 2.00 e. The Hall–Kier alpha value is -4.42. The van der Waals surface area contributed by atoms with E-state index in [4.69, 9.17) is 19.9 Å². The Bertz CT molecular complexity index is 2340. The minimum Gasteiger partial charge on any atom is -0.657 e. The number of rotatable bonds is 4. The Balaban J connectivity index is 0.00000348. The van der Waals surface area contributed by atoms with Crippen LogP contribution in [0.5, 0.6) is 0 Å². The van der Waals surface area contributed by atoms with E-state index in [1.165, 1.54) is 12.0 Å². The molecule has 0 N–H and O–H groups in total. The van der Waals surface area contributed by atoms with Gasteiger partial charge in [-0.15, -0.1) is 45.6 Å². The van der Waals surface area contributed by atoms with E-state index in [1.54, 1.807) is 0 Å². The van der Waals surface area contributed by atoms with E-state index in [1.807, 2.05) is 29.6 Å². The summed E-state index contributed by atoms with van der Waals surface area (Å²) >= 11 is 3.99. The second kappa shape index (κ2) is 13.8. The maximum absolute atomic E-state index is 5.38. The first-order chi connectivity index (χ1) is 23.8. The van der Waals surface area contributed by atoms with Crippen molar-refractivity contribution < 1.29 is 19.5 Å². The van der Waals surface area contributed by atoms with E-state index in [2.05, 4.69) is 133 Å². The van der Waals surface area contributed by atoms with Gasteiger partial charge in [0, 0.05) is 0 Å². The molecule has 0 unspecified atom stereocenters. The molecular weight excluding hydrogens is 690 g/mol. The van der Waals surface area contributed by atoms with Crippen molar-refractivity contribution in [2.24, 2.45) is 0 Å². The molecule has 3 aliphatic heterocycles. The van der Waals surface area contributed by atoms with Gasteiger partial charge in [-0.25, -0.2) is 9.97 Å². The van der Waals surface area contributed by atoms with E-state index in [0.29, 0.717) is 0 Å². The van der Waals surface area contributed by atoms with Crippen LogP contribution < -0.4 is 9.97 Å². The fourth-order valence-electron chi connectivity index (χ4n) is 6.71. The second-order valence-corrected chi connectivity index (χ2v) is 14.7. The zero-order chi connectivity index (χ0) is 31.9. The summed E-state index contributed by atoms with van der Waals surface area (Å²) in [6.45, 7) is 0. The number of benzene rings is 3. The average molecular weight is 720 g/mol. The van der Waals surface area contributed by atoms with Gasteiger partial charge in [-0.2, -0.15) is 0 Å². The molecule has 7 heteroatoms. The number of hydrogen-bond donors (Lipinski definition) is 0. The van der Waals surface area contributed by atoms with Crippen molar-refractivity contribution >= 4 is 69.9 Å². The van der Waals surface area contributed by atoms with Crippen LogP contribution in [0.1, 0.15) is 39.3 Å². The first-order valence-electron chi connectivity index (χ1n) is 16.3. The van der Waals surface area contributed by atoms with Crippen molar-refractivity contribution in [3.8, 4) is 33.4 Å². The summed E-state index contributed by atoms with van der Waals surface area (Å²) in [5, 5.41) is 0. The quantitative estimate of drug-likeness (QED) is 0.169. The first kappa shape index (κ1) is 31.8. The summed E-state index contributed by atoms with van der Waals surface area (Å²) in [4.78, 5) is 21.4. The van der Waals surface area contributed by atoms with Gasteiger partial charge in [0.1, 0.15) is 0 Å². The molecule has 0 saturated carbocycles. The molecule has 3 aromatic heterocycles. The van der Waals surface area contributed by atoms with Gasteiger partial charge in [-0.05, 0) is 81.2 Å². The fourth-order valence-corrected chi connectivity index (χ4v) is 9.72. The van der Waals surface area contributed by atoms with Crippen LogP contribution in [0.25, 0.3) is 79.8 Å². The van der Waals surface area contributed by atoms with E-state index in [9.17, 15) is 0 Å². The molecule has 1 fully saturated rings. The van der Waals surface area contributed by atoms with E-state index >= 15 is 0 Å².